The van der Waals surface area contributed by atoms with Gasteiger partial charge in [0.25, 0.3) is 0 Å². The summed E-state index contributed by atoms with van der Waals surface area (Å²) in [6.07, 6.45) is 0.731. The zero-order valence-electron chi connectivity index (χ0n) is 16.9. The van der Waals surface area contributed by atoms with Gasteiger partial charge in [-0.25, -0.2) is 9.37 Å². The van der Waals surface area contributed by atoms with Crippen LogP contribution in [0.4, 0.5) is 4.39 Å². The lowest BCUT2D eigenvalue weighted by atomic mass is 9.89. The van der Waals surface area contributed by atoms with Gasteiger partial charge in [0.1, 0.15) is 10.8 Å². The van der Waals surface area contributed by atoms with Crippen molar-refractivity contribution >= 4 is 17.2 Å². The van der Waals surface area contributed by atoms with Crippen molar-refractivity contribution in [3.8, 4) is 10.6 Å². The van der Waals surface area contributed by atoms with E-state index in [1.807, 2.05) is 65.6 Å². The van der Waals surface area contributed by atoms with E-state index in [0.717, 1.165) is 38.7 Å². The minimum Gasteiger partial charge on any atom is -0.336 e. The molecule has 1 aliphatic rings. The molecule has 0 unspecified atom stereocenters. The number of halogens is 1. The molecule has 0 saturated carbocycles. The fourth-order valence-electron chi connectivity index (χ4n) is 4.05. The number of hydrogen-bond acceptors (Lipinski definition) is 3. The first-order valence-electron chi connectivity index (χ1n) is 10.3. The van der Waals surface area contributed by atoms with E-state index in [0.29, 0.717) is 13.1 Å². The van der Waals surface area contributed by atoms with Crippen molar-refractivity contribution in [3.63, 3.8) is 0 Å². The number of rotatable bonds is 4. The Hall–Kier alpha value is -3.31. The van der Waals surface area contributed by atoms with Gasteiger partial charge >= 0.3 is 0 Å². The highest BCUT2D eigenvalue weighted by Crippen LogP contribution is 2.34. The molecule has 2 heterocycles. The maximum atomic E-state index is 13.7. The van der Waals surface area contributed by atoms with Gasteiger partial charge in [0.05, 0.1) is 18.2 Å². The number of carbonyl (C=O) groups excluding carboxylic acids is 1. The standard InChI is InChI=1S/C26H21FN2OS/c27-21-13-11-20(12-14-21)25-28-22-15-16-29(17-23(22)31-25)26(30)24(18-7-3-1-4-8-18)19-9-5-2-6-10-19/h1-14,24H,15-17H2. The van der Waals surface area contributed by atoms with Crippen molar-refractivity contribution in [3.05, 3.63) is 112 Å². The Labute approximate surface area is 184 Å². The fourth-order valence-corrected chi connectivity index (χ4v) is 5.18. The molecule has 154 valence electrons. The zero-order valence-corrected chi connectivity index (χ0v) is 17.7. The fraction of sp³-hybridized carbons (Fsp3) is 0.154. The SMILES string of the molecule is O=C(C(c1ccccc1)c1ccccc1)N1CCc2nc(-c3ccc(F)cc3)sc2C1. The molecule has 0 saturated heterocycles. The second kappa shape index (κ2) is 8.44. The number of fused-ring (bicyclic) bond motifs is 1. The first kappa shape index (κ1) is 19.6. The van der Waals surface area contributed by atoms with E-state index in [4.69, 9.17) is 4.98 Å². The molecule has 0 spiro atoms. The Balaban J connectivity index is 1.43. The molecule has 1 aromatic heterocycles. The van der Waals surface area contributed by atoms with Crippen LogP contribution in [0.25, 0.3) is 10.6 Å². The molecule has 0 aliphatic carbocycles. The van der Waals surface area contributed by atoms with E-state index in [2.05, 4.69) is 0 Å². The van der Waals surface area contributed by atoms with Crippen molar-refractivity contribution in [1.82, 2.24) is 9.88 Å². The number of aromatic nitrogens is 1. The summed E-state index contributed by atoms with van der Waals surface area (Å²) < 4.78 is 13.3. The largest absolute Gasteiger partial charge is 0.336 e. The third-order valence-electron chi connectivity index (χ3n) is 5.65. The highest BCUT2D eigenvalue weighted by Gasteiger charge is 2.31. The van der Waals surface area contributed by atoms with E-state index in [1.54, 1.807) is 23.5 Å². The Morgan fingerprint density at radius 2 is 1.52 bits per heavy atom. The molecule has 0 radical (unpaired) electrons. The van der Waals surface area contributed by atoms with Crippen LogP contribution < -0.4 is 0 Å². The van der Waals surface area contributed by atoms with Gasteiger partial charge in [-0.15, -0.1) is 11.3 Å². The zero-order chi connectivity index (χ0) is 21.2. The number of amides is 1. The number of carbonyl (C=O) groups is 1. The molecule has 1 aliphatic heterocycles. The van der Waals surface area contributed by atoms with Gasteiger partial charge in [0, 0.05) is 23.4 Å². The molecular weight excluding hydrogens is 407 g/mol. The number of hydrogen-bond donors (Lipinski definition) is 0. The third kappa shape index (κ3) is 4.01. The van der Waals surface area contributed by atoms with Crippen LogP contribution in [0.3, 0.4) is 0 Å². The summed E-state index contributed by atoms with van der Waals surface area (Å²) >= 11 is 1.59. The van der Waals surface area contributed by atoms with E-state index >= 15 is 0 Å². The van der Waals surface area contributed by atoms with Gasteiger partial charge in [0.2, 0.25) is 5.91 Å². The van der Waals surface area contributed by atoms with Gasteiger partial charge in [-0.05, 0) is 35.4 Å². The van der Waals surface area contributed by atoms with Gasteiger partial charge in [-0.3, -0.25) is 4.79 Å². The second-order valence-corrected chi connectivity index (χ2v) is 8.74. The summed E-state index contributed by atoms with van der Waals surface area (Å²) in [7, 11) is 0. The third-order valence-corrected chi connectivity index (χ3v) is 6.78. The number of nitrogens with zero attached hydrogens (tertiary/aromatic N) is 2. The van der Waals surface area contributed by atoms with Crippen LogP contribution in [0.5, 0.6) is 0 Å². The summed E-state index contributed by atoms with van der Waals surface area (Å²) in [4.78, 5) is 21.5. The maximum absolute atomic E-state index is 13.7. The monoisotopic (exact) mass is 428 g/mol. The molecule has 1 amide bonds. The van der Waals surface area contributed by atoms with Crippen molar-refractivity contribution in [1.29, 1.82) is 0 Å². The lowest BCUT2D eigenvalue weighted by molar-refractivity contribution is -0.132. The average Bonchev–Trinajstić information content (AvgIpc) is 3.24. The molecule has 3 nitrogen and oxygen atoms in total. The van der Waals surface area contributed by atoms with Crippen LogP contribution in [0.2, 0.25) is 0 Å². The van der Waals surface area contributed by atoms with Gasteiger partial charge in [-0.1, -0.05) is 60.7 Å². The normalized spacial score (nSPS) is 13.3. The molecule has 4 aromatic rings. The summed E-state index contributed by atoms with van der Waals surface area (Å²) in [5, 5.41) is 0.877. The summed E-state index contributed by atoms with van der Waals surface area (Å²) in [6, 6.07) is 26.3. The highest BCUT2D eigenvalue weighted by molar-refractivity contribution is 7.15. The quantitative estimate of drug-likeness (QED) is 0.420. The van der Waals surface area contributed by atoms with Crippen LogP contribution in [-0.4, -0.2) is 22.3 Å². The van der Waals surface area contributed by atoms with Crippen LogP contribution >= 0.6 is 11.3 Å². The van der Waals surface area contributed by atoms with E-state index in [9.17, 15) is 9.18 Å². The van der Waals surface area contributed by atoms with Gasteiger partial charge in [-0.2, -0.15) is 0 Å². The molecule has 0 atom stereocenters. The molecule has 0 fully saturated rings. The molecule has 31 heavy (non-hydrogen) atoms. The predicted octanol–water partition coefficient (Wildman–Crippen LogP) is 5.67. The van der Waals surface area contributed by atoms with Gasteiger partial charge in [0.15, 0.2) is 0 Å². The van der Waals surface area contributed by atoms with Crippen molar-refractivity contribution < 1.29 is 9.18 Å². The molecular formula is C26H21FN2OS. The van der Waals surface area contributed by atoms with E-state index in [1.165, 1.54) is 12.1 Å². The van der Waals surface area contributed by atoms with Crippen LogP contribution in [0.15, 0.2) is 84.9 Å². The Morgan fingerprint density at radius 3 is 2.13 bits per heavy atom. The van der Waals surface area contributed by atoms with Crippen molar-refractivity contribution in [2.45, 2.75) is 18.9 Å². The second-order valence-electron chi connectivity index (χ2n) is 7.66. The maximum Gasteiger partial charge on any atom is 0.234 e. The predicted molar refractivity (Wildman–Crippen MR) is 121 cm³/mol. The number of thiazole rings is 1. The lowest BCUT2D eigenvalue weighted by Gasteiger charge is -2.30. The van der Waals surface area contributed by atoms with Crippen LogP contribution in [-0.2, 0) is 17.8 Å². The molecule has 0 bridgehead atoms. The number of benzene rings is 3. The molecule has 5 heteroatoms. The minimum atomic E-state index is -0.326. The van der Waals surface area contributed by atoms with E-state index < -0.39 is 0 Å². The van der Waals surface area contributed by atoms with Crippen molar-refractivity contribution in [2.24, 2.45) is 0 Å². The van der Waals surface area contributed by atoms with E-state index in [-0.39, 0.29) is 17.6 Å². The Morgan fingerprint density at radius 1 is 0.903 bits per heavy atom. The summed E-state index contributed by atoms with van der Waals surface area (Å²) in [5.74, 6) is -0.470. The Kier molecular flexibility index (Phi) is 5.35. The molecule has 5 rings (SSSR count). The molecule has 3 aromatic carbocycles. The summed E-state index contributed by atoms with van der Waals surface area (Å²) in [6.45, 7) is 1.21. The van der Waals surface area contributed by atoms with Gasteiger partial charge < -0.3 is 4.90 Å². The summed E-state index contributed by atoms with van der Waals surface area (Å²) in [5.41, 5.74) is 3.95. The first-order valence-corrected chi connectivity index (χ1v) is 11.1. The average molecular weight is 429 g/mol. The highest BCUT2D eigenvalue weighted by atomic mass is 32.1. The van der Waals surface area contributed by atoms with Crippen LogP contribution in [0.1, 0.15) is 27.6 Å². The smallest absolute Gasteiger partial charge is 0.234 e. The first-order chi connectivity index (χ1) is 15.2. The molecule has 0 N–H and O–H groups in total. The van der Waals surface area contributed by atoms with Crippen LogP contribution in [0, 0.1) is 5.82 Å². The minimum absolute atomic E-state index is 0.111. The lowest BCUT2D eigenvalue weighted by Crippen LogP contribution is -2.39. The Bertz CT molecular complexity index is 1150. The van der Waals surface area contributed by atoms with Crippen molar-refractivity contribution in [2.75, 3.05) is 6.54 Å². The topological polar surface area (TPSA) is 33.2 Å².